The molecule has 1 aliphatic heterocycles. The summed E-state index contributed by atoms with van der Waals surface area (Å²) >= 11 is 0. The Morgan fingerprint density at radius 1 is 1.50 bits per heavy atom. The van der Waals surface area contributed by atoms with Crippen molar-refractivity contribution in [2.24, 2.45) is 0 Å². The number of benzene rings is 1. The highest BCUT2D eigenvalue weighted by Gasteiger charge is 2.39. The van der Waals surface area contributed by atoms with Crippen molar-refractivity contribution >= 4 is 5.78 Å². The van der Waals surface area contributed by atoms with Gasteiger partial charge in [0.05, 0.1) is 5.56 Å². The fourth-order valence-electron chi connectivity index (χ4n) is 2.06. The van der Waals surface area contributed by atoms with Gasteiger partial charge in [-0.1, -0.05) is 11.6 Å². The fourth-order valence-corrected chi connectivity index (χ4v) is 2.06. The van der Waals surface area contributed by atoms with Crippen molar-refractivity contribution in [3.8, 4) is 0 Å². The van der Waals surface area contributed by atoms with E-state index in [0.29, 0.717) is 13.0 Å². The highest BCUT2D eigenvalue weighted by Crippen LogP contribution is 2.30. The Hall–Kier alpha value is -1.22. The molecular formula is C13H15FO2. The van der Waals surface area contributed by atoms with Gasteiger partial charge in [0.25, 0.3) is 0 Å². The van der Waals surface area contributed by atoms with Gasteiger partial charge in [-0.3, -0.25) is 4.79 Å². The molecule has 0 bridgehead atoms. The number of aryl methyl sites for hydroxylation is 1. The van der Waals surface area contributed by atoms with Gasteiger partial charge in [0.1, 0.15) is 11.4 Å². The molecule has 86 valence electrons. The summed E-state index contributed by atoms with van der Waals surface area (Å²) in [7, 11) is 0. The Morgan fingerprint density at radius 3 is 2.88 bits per heavy atom. The van der Waals surface area contributed by atoms with E-state index >= 15 is 0 Å². The van der Waals surface area contributed by atoms with Crippen LogP contribution in [0.25, 0.3) is 0 Å². The molecule has 3 heteroatoms. The van der Waals surface area contributed by atoms with Crippen LogP contribution in [0.4, 0.5) is 4.39 Å². The predicted molar refractivity (Wildman–Crippen MR) is 59.1 cm³/mol. The van der Waals surface area contributed by atoms with Crippen LogP contribution in [0.1, 0.15) is 35.7 Å². The van der Waals surface area contributed by atoms with Crippen LogP contribution >= 0.6 is 0 Å². The molecule has 16 heavy (non-hydrogen) atoms. The maximum absolute atomic E-state index is 13.6. The van der Waals surface area contributed by atoms with Crippen LogP contribution in [-0.2, 0) is 4.74 Å². The lowest BCUT2D eigenvalue weighted by Gasteiger charge is -2.21. The number of rotatable bonds is 2. The Labute approximate surface area is 94.4 Å². The Morgan fingerprint density at radius 2 is 2.25 bits per heavy atom. The Bertz CT molecular complexity index is 420. The van der Waals surface area contributed by atoms with Crippen molar-refractivity contribution in [1.29, 1.82) is 0 Å². The number of Topliss-reactive ketones (excluding diaryl/α,β-unsaturated/α-hetero) is 1. The first-order valence-corrected chi connectivity index (χ1v) is 5.48. The lowest BCUT2D eigenvalue weighted by Crippen LogP contribution is -2.34. The van der Waals surface area contributed by atoms with Crippen LogP contribution in [0.5, 0.6) is 0 Å². The summed E-state index contributed by atoms with van der Waals surface area (Å²) < 4.78 is 19.0. The minimum atomic E-state index is -0.839. The van der Waals surface area contributed by atoms with E-state index in [4.69, 9.17) is 4.74 Å². The average molecular weight is 222 g/mol. The predicted octanol–water partition coefficient (Wildman–Crippen LogP) is 2.89. The van der Waals surface area contributed by atoms with E-state index in [0.717, 1.165) is 12.0 Å². The van der Waals surface area contributed by atoms with Crippen LogP contribution < -0.4 is 0 Å². The topological polar surface area (TPSA) is 26.3 Å². The van der Waals surface area contributed by atoms with Crippen LogP contribution in [0.15, 0.2) is 18.2 Å². The lowest BCUT2D eigenvalue weighted by atomic mass is 9.91. The molecule has 0 amide bonds. The molecule has 0 aliphatic carbocycles. The number of carbonyl (C=O) groups excluding carboxylic acids is 1. The molecule has 1 unspecified atom stereocenters. The van der Waals surface area contributed by atoms with Crippen LogP contribution in [0.3, 0.4) is 0 Å². The second-order valence-electron chi connectivity index (χ2n) is 4.50. The number of carbonyl (C=O) groups is 1. The Kier molecular flexibility index (Phi) is 2.80. The number of hydrogen-bond donors (Lipinski definition) is 0. The first kappa shape index (κ1) is 11.3. The second kappa shape index (κ2) is 3.98. The normalized spacial score (nSPS) is 24.7. The molecule has 1 atom stereocenters. The number of halogens is 1. The van der Waals surface area contributed by atoms with E-state index in [-0.39, 0.29) is 11.3 Å². The molecule has 0 radical (unpaired) electrons. The van der Waals surface area contributed by atoms with Crippen molar-refractivity contribution in [1.82, 2.24) is 0 Å². The van der Waals surface area contributed by atoms with Crippen molar-refractivity contribution in [3.63, 3.8) is 0 Å². The zero-order valence-corrected chi connectivity index (χ0v) is 9.55. The molecule has 0 saturated carbocycles. The molecule has 0 spiro atoms. The molecule has 1 aromatic rings. The van der Waals surface area contributed by atoms with E-state index in [9.17, 15) is 9.18 Å². The van der Waals surface area contributed by atoms with Gasteiger partial charge in [-0.25, -0.2) is 4.39 Å². The van der Waals surface area contributed by atoms with Gasteiger partial charge >= 0.3 is 0 Å². The van der Waals surface area contributed by atoms with Gasteiger partial charge in [0.15, 0.2) is 5.78 Å². The summed E-state index contributed by atoms with van der Waals surface area (Å²) in [5.74, 6) is -0.710. The lowest BCUT2D eigenvalue weighted by molar-refractivity contribution is 0.0210. The first-order chi connectivity index (χ1) is 7.53. The zero-order valence-electron chi connectivity index (χ0n) is 9.55. The average Bonchev–Trinajstić information content (AvgIpc) is 2.69. The Balaban J connectivity index is 2.36. The van der Waals surface area contributed by atoms with E-state index in [1.165, 1.54) is 6.07 Å². The van der Waals surface area contributed by atoms with E-state index in [1.54, 1.807) is 19.1 Å². The van der Waals surface area contributed by atoms with Gasteiger partial charge in [-0.2, -0.15) is 0 Å². The largest absolute Gasteiger partial charge is 0.367 e. The molecule has 0 N–H and O–H groups in total. The maximum atomic E-state index is 13.6. The van der Waals surface area contributed by atoms with Gasteiger partial charge in [0.2, 0.25) is 0 Å². The van der Waals surface area contributed by atoms with E-state index < -0.39 is 11.4 Å². The highest BCUT2D eigenvalue weighted by atomic mass is 19.1. The van der Waals surface area contributed by atoms with Crippen molar-refractivity contribution in [3.05, 3.63) is 35.1 Å². The summed E-state index contributed by atoms with van der Waals surface area (Å²) in [5, 5.41) is 0. The monoisotopic (exact) mass is 222 g/mol. The standard InChI is InChI=1S/C13H15FO2/c1-9-4-5-11(14)10(8-9)12(15)13(2)6-3-7-16-13/h4-5,8H,3,6-7H2,1-2H3. The third kappa shape index (κ3) is 1.87. The molecule has 1 heterocycles. The third-order valence-electron chi connectivity index (χ3n) is 3.07. The summed E-state index contributed by atoms with van der Waals surface area (Å²) in [6.07, 6.45) is 1.52. The molecule has 0 aromatic heterocycles. The molecular weight excluding hydrogens is 207 g/mol. The van der Waals surface area contributed by atoms with Gasteiger partial charge in [-0.15, -0.1) is 0 Å². The zero-order chi connectivity index (χ0) is 11.8. The minimum Gasteiger partial charge on any atom is -0.367 e. The fraction of sp³-hybridized carbons (Fsp3) is 0.462. The molecule has 1 aliphatic rings. The number of hydrogen-bond acceptors (Lipinski definition) is 2. The quantitative estimate of drug-likeness (QED) is 0.719. The maximum Gasteiger partial charge on any atom is 0.197 e. The second-order valence-corrected chi connectivity index (χ2v) is 4.50. The summed E-state index contributed by atoms with van der Waals surface area (Å²) in [4.78, 5) is 12.2. The van der Waals surface area contributed by atoms with Gasteiger partial charge in [-0.05, 0) is 38.8 Å². The molecule has 1 saturated heterocycles. The minimum absolute atomic E-state index is 0.143. The van der Waals surface area contributed by atoms with Crippen LogP contribution in [0.2, 0.25) is 0 Å². The van der Waals surface area contributed by atoms with E-state index in [1.807, 2.05) is 6.92 Å². The summed E-state index contributed by atoms with van der Waals surface area (Å²) in [6, 6.07) is 4.58. The molecule has 2 rings (SSSR count). The van der Waals surface area contributed by atoms with E-state index in [2.05, 4.69) is 0 Å². The summed E-state index contributed by atoms with van der Waals surface area (Å²) in [6.45, 7) is 4.16. The smallest absolute Gasteiger partial charge is 0.197 e. The number of ketones is 1. The van der Waals surface area contributed by atoms with Gasteiger partial charge in [0, 0.05) is 6.61 Å². The van der Waals surface area contributed by atoms with Crippen molar-refractivity contribution < 1.29 is 13.9 Å². The molecule has 2 nitrogen and oxygen atoms in total. The van der Waals surface area contributed by atoms with Crippen molar-refractivity contribution in [2.45, 2.75) is 32.3 Å². The van der Waals surface area contributed by atoms with Crippen LogP contribution in [-0.4, -0.2) is 18.0 Å². The highest BCUT2D eigenvalue weighted by molar-refractivity contribution is 6.02. The molecule has 1 fully saturated rings. The van der Waals surface area contributed by atoms with Gasteiger partial charge < -0.3 is 4.74 Å². The summed E-state index contributed by atoms with van der Waals surface area (Å²) in [5.41, 5.74) is 0.185. The number of ether oxygens (including phenoxy) is 1. The first-order valence-electron chi connectivity index (χ1n) is 5.48. The van der Waals surface area contributed by atoms with Crippen molar-refractivity contribution in [2.75, 3.05) is 6.61 Å². The third-order valence-corrected chi connectivity index (χ3v) is 3.07. The molecule has 1 aromatic carbocycles. The van der Waals surface area contributed by atoms with Crippen LogP contribution in [0, 0.1) is 12.7 Å². The SMILES string of the molecule is Cc1ccc(F)c(C(=O)C2(C)CCCO2)c1.